The summed E-state index contributed by atoms with van der Waals surface area (Å²) in [6.45, 7) is 3.40. The molecule has 0 aliphatic heterocycles. The molecule has 0 heterocycles. The summed E-state index contributed by atoms with van der Waals surface area (Å²) < 4.78 is 0. The van der Waals surface area contributed by atoms with Crippen LogP contribution in [0.5, 0.6) is 0 Å². The van der Waals surface area contributed by atoms with Crippen LogP contribution in [0.15, 0.2) is 36.4 Å². The molecule has 3 N–H and O–H groups in total. The molecule has 1 aromatic carbocycles. The Morgan fingerprint density at radius 2 is 2.24 bits per heavy atom. The van der Waals surface area contributed by atoms with Gasteiger partial charge in [0.1, 0.15) is 0 Å². The van der Waals surface area contributed by atoms with Crippen LogP contribution < -0.4 is 5.32 Å². The van der Waals surface area contributed by atoms with Gasteiger partial charge in [-0.3, -0.25) is 4.79 Å². The van der Waals surface area contributed by atoms with Gasteiger partial charge in [-0.15, -0.1) is 0 Å². The van der Waals surface area contributed by atoms with Gasteiger partial charge in [0.25, 0.3) is 5.91 Å². The fourth-order valence-electron chi connectivity index (χ4n) is 2.03. The first-order chi connectivity index (χ1) is 9.97. The van der Waals surface area contributed by atoms with Crippen LogP contribution in [0, 0.1) is 0 Å². The second-order valence-electron chi connectivity index (χ2n) is 4.88. The summed E-state index contributed by atoms with van der Waals surface area (Å²) in [6.07, 6.45) is 4.42. The van der Waals surface area contributed by atoms with E-state index in [2.05, 4.69) is 5.32 Å². The predicted octanol–water partition coefficient (Wildman–Crippen LogP) is 2.38. The molecule has 0 aliphatic rings. The zero-order valence-electron chi connectivity index (χ0n) is 12.3. The largest absolute Gasteiger partial charge is 0.394 e. The molecule has 2 unspecified atom stereocenters. The van der Waals surface area contributed by atoms with Crippen molar-refractivity contribution in [1.82, 2.24) is 5.32 Å². The Morgan fingerprint density at radius 1 is 1.52 bits per heavy atom. The number of allylic oxidation sites excluding steroid dienone is 1. The molecule has 0 spiro atoms. The van der Waals surface area contributed by atoms with Crippen LogP contribution in [0.1, 0.15) is 32.3 Å². The van der Waals surface area contributed by atoms with Crippen molar-refractivity contribution in [2.75, 3.05) is 6.61 Å². The van der Waals surface area contributed by atoms with Crippen molar-refractivity contribution in [3.63, 3.8) is 0 Å². The number of nitrogens with one attached hydrogen (secondary N) is 1. The van der Waals surface area contributed by atoms with Gasteiger partial charge in [0, 0.05) is 5.02 Å². The Labute approximate surface area is 130 Å². The molecular weight excluding hydrogens is 290 g/mol. The molecule has 0 radical (unpaired) electrons. The molecule has 0 aromatic heterocycles. The van der Waals surface area contributed by atoms with E-state index in [9.17, 15) is 15.0 Å². The lowest BCUT2D eigenvalue weighted by atomic mass is 9.90. The van der Waals surface area contributed by atoms with Gasteiger partial charge in [0.05, 0.1) is 12.6 Å². The highest BCUT2D eigenvalue weighted by Gasteiger charge is 2.37. The number of rotatable bonds is 7. The van der Waals surface area contributed by atoms with Crippen LogP contribution in [-0.2, 0) is 10.4 Å². The maximum absolute atomic E-state index is 12.4. The van der Waals surface area contributed by atoms with E-state index in [0.29, 0.717) is 17.0 Å². The van der Waals surface area contributed by atoms with E-state index in [1.807, 2.05) is 19.1 Å². The fraction of sp³-hybridized carbons (Fsp3) is 0.438. The molecule has 0 bridgehead atoms. The van der Waals surface area contributed by atoms with Gasteiger partial charge < -0.3 is 15.5 Å². The third-order valence-corrected chi connectivity index (χ3v) is 3.64. The average molecular weight is 312 g/mol. The molecule has 2 atom stereocenters. The normalized spacial score (nSPS) is 15.7. The smallest absolute Gasteiger partial charge is 0.256 e. The zero-order chi connectivity index (χ0) is 15.9. The Balaban J connectivity index is 2.94. The summed E-state index contributed by atoms with van der Waals surface area (Å²) in [5.41, 5.74) is -1.22. The molecule has 5 heteroatoms. The van der Waals surface area contributed by atoms with E-state index in [4.69, 9.17) is 11.6 Å². The number of aliphatic hydroxyl groups is 2. The van der Waals surface area contributed by atoms with Gasteiger partial charge in [-0.25, -0.2) is 0 Å². The first-order valence-electron chi connectivity index (χ1n) is 6.99. The minimum absolute atomic E-state index is 0.189. The standard InChI is InChI=1S/C16H22ClNO3/c1-3-5-9-14(11-19)18-15(20)16(21,4-2)12-7-6-8-13(17)10-12/h3,5-8,10,14,19,21H,4,9,11H2,1-2H3,(H,18,20). The molecule has 1 amide bonds. The number of carbonyl (C=O) groups excluding carboxylic acids is 1. The quantitative estimate of drug-likeness (QED) is 0.677. The monoisotopic (exact) mass is 311 g/mol. The molecule has 1 rings (SSSR count). The summed E-state index contributed by atoms with van der Waals surface area (Å²) in [4.78, 5) is 12.4. The van der Waals surface area contributed by atoms with Crippen LogP contribution in [0.2, 0.25) is 5.02 Å². The van der Waals surface area contributed by atoms with Crippen LogP contribution >= 0.6 is 11.6 Å². The second-order valence-corrected chi connectivity index (χ2v) is 5.32. The maximum atomic E-state index is 12.4. The van der Waals surface area contributed by atoms with E-state index in [-0.39, 0.29) is 13.0 Å². The third kappa shape index (κ3) is 4.56. The van der Waals surface area contributed by atoms with Crippen LogP contribution in [0.3, 0.4) is 0 Å². The molecule has 1 aromatic rings. The van der Waals surface area contributed by atoms with E-state index in [1.165, 1.54) is 0 Å². The molecule has 0 saturated carbocycles. The van der Waals surface area contributed by atoms with Gasteiger partial charge in [0.15, 0.2) is 5.60 Å². The second kappa shape index (κ2) is 8.17. The number of hydrogen-bond acceptors (Lipinski definition) is 3. The Kier molecular flexibility index (Phi) is 6.89. The van der Waals surface area contributed by atoms with Crippen LogP contribution in [-0.4, -0.2) is 28.8 Å². The highest BCUT2D eigenvalue weighted by Crippen LogP contribution is 2.27. The SMILES string of the molecule is CC=CCC(CO)NC(=O)C(O)(CC)c1cccc(Cl)c1. The molecule has 0 fully saturated rings. The topological polar surface area (TPSA) is 69.6 Å². The highest BCUT2D eigenvalue weighted by molar-refractivity contribution is 6.30. The minimum Gasteiger partial charge on any atom is -0.394 e. The number of carbonyl (C=O) groups is 1. The van der Waals surface area contributed by atoms with Gasteiger partial charge in [0.2, 0.25) is 0 Å². The van der Waals surface area contributed by atoms with Crippen molar-refractivity contribution in [1.29, 1.82) is 0 Å². The average Bonchev–Trinajstić information content (AvgIpc) is 2.50. The predicted molar refractivity (Wildman–Crippen MR) is 84.1 cm³/mol. The number of amides is 1. The van der Waals surface area contributed by atoms with Gasteiger partial charge >= 0.3 is 0 Å². The van der Waals surface area contributed by atoms with E-state index < -0.39 is 17.6 Å². The van der Waals surface area contributed by atoms with Gasteiger partial charge in [-0.05, 0) is 37.5 Å². The van der Waals surface area contributed by atoms with E-state index in [0.717, 1.165) is 0 Å². The summed E-state index contributed by atoms with van der Waals surface area (Å²) in [5, 5.41) is 23.1. The zero-order valence-corrected chi connectivity index (χ0v) is 13.1. The first-order valence-corrected chi connectivity index (χ1v) is 7.37. The minimum atomic E-state index is -1.66. The summed E-state index contributed by atoms with van der Waals surface area (Å²) >= 11 is 5.92. The van der Waals surface area contributed by atoms with Crippen LogP contribution in [0.25, 0.3) is 0 Å². The number of halogens is 1. The molecular formula is C16H22ClNO3. The number of hydrogen-bond donors (Lipinski definition) is 3. The van der Waals surface area contributed by atoms with Crippen molar-refractivity contribution in [3.8, 4) is 0 Å². The summed E-state index contributed by atoms with van der Waals surface area (Å²) in [6, 6.07) is 6.18. The Morgan fingerprint density at radius 3 is 2.76 bits per heavy atom. The summed E-state index contributed by atoms with van der Waals surface area (Å²) in [7, 11) is 0. The van der Waals surface area contributed by atoms with Crippen molar-refractivity contribution in [3.05, 3.63) is 47.0 Å². The third-order valence-electron chi connectivity index (χ3n) is 3.40. The van der Waals surface area contributed by atoms with Gasteiger partial charge in [-0.2, -0.15) is 0 Å². The van der Waals surface area contributed by atoms with E-state index >= 15 is 0 Å². The van der Waals surface area contributed by atoms with Crippen molar-refractivity contribution in [2.45, 2.75) is 38.3 Å². The maximum Gasteiger partial charge on any atom is 0.256 e. The first kappa shape index (κ1) is 17.7. The van der Waals surface area contributed by atoms with Crippen molar-refractivity contribution >= 4 is 17.5 Å². The lowest BCUT2D eigenvalue weighted by molar-refractivity contribution is -0.142. The Bertz CT molecular complexity index is 504. The molecule has 4 nitrogen and oxygen atoms in total. The van der Waals surface area contributed by atoms with Crippen LogP contribution in [0.4, 0.5) is 0 Å². The van der Waals surface area contributed by atoms with Crippen molar-refractivity contribution in [2.24, 2.45) is 0 Å². The summed E-state index contributed by atoms with van der Waals surface area (Å²) in [5.74, 6) is -0.532. The number of benzene rings is 1. The van der Waals surface area contributed by atoms with E-state index in [1.54, 1.807) is 31.2 Å². The highest BCUT2D eigenvalue weighted by atomic mass is 35.5. The lowest BCUT2D eigenvalue weighted by Gasteiger charge is -2.28. The fourth-order valence-corrected chi connectivity index (χ4v) is 2.22. The molecule has 0 aliphatic carbocycles. The number of aliphatic hydroxyl groups excluding tert-OH is 1. The molecule has 21 heavy (non-hydrogen) atoms. The van der Waals surface area contributed by atoms with Crippen molar-refractivity contribution < 1.29 is 15.0 Å². The molecule has 116 valence electrons. The molecule has 0 saturated heterocycles. The lowest BCUT2D eigenvalue weighted by Crippen LogP contribution is -2.49. The van der Waals surface area contributed by atoms with Gasteiger partial charge in [-0.1, -0.05) is 42.8 Å². The Hall–Kier alpha value is -1.36.